The lowest BCUT2D eigenvalue weighted by molar-refractivity contribution is -0.147. The Morgan fingerprint density at radius 3 is 2.07 bits per heavy atom. The Labute approximate surface area is 85.8 Å². The molecule has 1 fully saturated rings. The number of carbonyl (C=O) groups excluding carboxylic acids is 1. The minimum atomic E-state index is -0.0538. The van der Waals surface area contributed by atoms with Crippen LogP contribution in [-0.2, 0) is 9.53 Å². The van der Waals surface area contributed by atoms with Gasteiger partial charge >= 0.3 is 5.97 Å². The van der Waals surface area contributed by atoms with Gasteiger partial charge in [0, 0.05) is 26.2 Å². The summed E-state index contributed by atoms with van der Waals surface area (Å²) in [6, 6.07) is 0. The molecule has 1 aliphatic heterocycles. The number of nitrogens with zero attached hydrogens (tertiary/aromatic N) is 2. The molecule has 0 spiro atoms. The van der Waals surface area contributed by atoms with E-state index in [0.717, 1.165) is 26.2 Å². The SMILES string of the molecule is CCOC(=O)C1CN(CC)N(CC)C1. The monoisotopic (exact) mass is 200 g/mol. The van der Waals surface area contributed by atoms with E-state index in [0.29, 0.717) is 6.61 Å². The molecule has 0 radical (unpaired) electrons. The quantitative estimate of drug-likeness (QED) is 0.627. The van der Waals surface area contributed by atoms with E-state index in [4.69, 9.17) is 4.74 Å². The fraction of sp³-hybridized carbons (Fsp3) is 0.900. The number of carbonyl (C=O) groups is 1. The van der Waals surface area contributed by atoms with Crippen LogP contribution in [0, 0.1) is 5.92 Å². The molecule has 1 heterocycles. The van der Waals surface area contributed by atoms with E-state index < -0.39 is 0 Å². The van der Waals surface area contributed by atoms with Gasteiger partial charge in [-0.3, -0.25) is 4.79 Å². The average Bonchev–Trinajstić information content (AvgIpc) is 2.61. The van der Waals surface area contributed by atoms with Gasteiger partial charge in [0.05, 0.1) is 12.5 Å². The second-order valence-electron chi connectivity index (χ2n) is 3.46. The lowest BCUT2D eigenvalue weighted by atomic mass is 10.1. The topological polar surface area (TPSA) is 32.8 Å². The minimum absolute atomic E-state index is 0.0369. The standard InChI is InChI=1S/C10H20N2O2/c1-4-11-7-9(8-12(11)5-2)10(13)14-6-3/h9H,4-8H2,1-3H3. The maximum absolute atomic E-state index is 11.5. The Morgan fingerprint density at radius 2 is 1.71 bits per heavy atom. The molecule has 0 aliphatic carbocycles. The Morgan fingerprint density at radius 1 is 1.21 bits per heavy atom. The van der Waals surface area contributed by atoms with Crippen molar-refractivity contribution < 1.29 is 9.53 Å². The molecule has 82 valence electrons. The van der Waals surface area contributed by atoms with Gasteiger partial charge in [0.25, 0.3) is 0 Å². The molecule has 1 rings (SSSR count). The summed E-state index contributed by atoms with van der Waals surface area (Å²) in [5.74, 6) is -0.0169. The van der Waals surface area contributed by atoms with E-state index in [1.54, 1.807) is 0 Å². The molecule has 0 bridgehead atoms. The largest absolute Gasteiger partial charge is 0.466 e. The second-order valence-corrected chi connectivity index (χ2v) is 3.46. The highest BCUT2D eigenvalue weighted by molar-refractivity contribution is 5.73. The zero-order chi connectivity index (χ0) is 10.6. The number of hydrogen-bond donors (Lipinski definition) is 0. The normalized spacial score (nSPS) is 20.2. The van der Waals surface area contributed by atoms with Crippen molar-refractivity contribution in [2.24, 2.45) is 5.92 Å². The smallest absolute Gasteiger partial charge is 0.311 e. The molecule has 4 heteroatoms. The summed E-state index contributed by atoms with van der Waals surface area (Å²) < 4.78 is 5.02. The molecule has 0 amide bonds. The van der Waals surface area contributed by atoms with E-state index in [2.05, 4.69) is 23.9 Å². The van der Waals surface area contributed by atoms with Crippen molar-refractivity contribution in [2.75, 3.05) is 32.8 Å². The number of hydrazine groups is 1. The molecule has 1 saturated heterocycles. The first-order valence-electron chi connectivity index (χ1n) is 5.39. The summed E-state index contributed by atoms with van der Waals surface area (Å²) in [5, 5.41) is 4.42. The highest BCUT2D eigenvalue weighted by atomic mass is 16.5. The van der Waals surface area contributed by atoms with Crippen LogP contribution in [0.2, 0.25) is 0 Å². The highest BCUT2D eigenvalue weighted by Gasteiger charge is 2.33. The average molecular weight is 200 g/mol. The molecule has 0 unspecified atom stereocenters. The molecule has 0 aromatic rings. The van der Waals surface area contributed by atoms with Crippen molar-refractivity contribution in [3.05, 3.63) is 0 Å². The van der Waals surface area contributed by atoms with E-state index in [9.17, 15) is 4.79 Å². The van der Waals surface area contributed by atoms with Gasteiger partial charge in [-0.1, -0.05) is 13.8 Å². The summed E-state index contributed by atoms with van der Waals surface area (Å²) in [6.45, 7) is 10.1. The van der Waals surface area contributed by atoms with Crippen molar-refractivity contribution in [1.29, 1.82) is 0 Å². The molecule has 0 N–H and O–H groups in total. The van der Waals surface area contributed by atoms with Crippen LogP contribution in [0.5, 0.6) is 0 Å². The Kier molecular flexibility index (Phi) is 4.35. The predicted molar refractivity (Wildman–Crippen MR) is 54.6 cm³/mol. The van der Waals surface area contributed by atoms with Crippen molar-refractivity contribution in [1.82, 2.24) is 10.0 Å². The van der Waals surface area contributed by atoms with Crippen molar-refractivity contribution in [3.63, 3.8) is 0 Å². The Hall–Kier alpha value is -0.610. The van der Waals surface area contributed by atoms with Crippen LogP contribution in [0.25, 0.3) is 0 Å². The van der Waals surface area contributed by atoms with Gasteiger partial charge in [-0.25, -0.2) is 10.0 Å². The number of esters is 1. The van der Waals surface area contributed by atoms with Crippen LogP contribution in [-0.4, -0.2) is 48.8 Å². The molecule has 0 saturated carbocycles. The zero-order valence-corrected chi connectivity index (χ0v) is 9.32. The molecule has 0 aromatic carbocycles. The third kappa shape index (κ3) is 2.45. The Balaban J connectivity index is 2.48. The minimum Gasteiger partial charge on any atom is -0.466 e. The van der Waals surface area contributed by atoms with Gasteiger partial charge in [-0.15, -0.1) is 0 Å². The van der Waals surface area contributed by atoms with Gasteiger partial charge in [0.1, 0.15) is 0 Å². The summed E-state index contributed by atoms with van der Waals surface area (Å²) in [6.07, 6.45) is 0. The van der Waals surface area contributed by atoms with Gasteiger partial charge in [0.15, 0.2) is 0 Å². The van der Waals surface area contributed by atoms with E-state index in [1.165, 1.54) is 0 Å². The van der Waals surface area contributed by atoms with Crippen LogP contribution in [0.4, 0.5) is 0 Å². The fourth-order valence-electron chi connectivity index (χ4n) is 1.86. The summed E-state index contributed by atoms with van der Waals surface area (Å²) in [5.41, 5.74) is 0. The molecule has 1 aliphatic rings. The number of hydrogen-bond acceptors (Lipinski definition) is 4. The summed E-state index contributed by atoms with van der Waals surface area (Å²) in [4.78, 5) is 11.5. The first-order chi connectivity index (χ1) is 6.72. The third-order valence-corrected chi connectivity index (χ3v) is 2.61. The lowest BCUT2D eigenvalue weighted by Gasteiger charge is -2.24. The van der Waals surface area contributed by atoms with Crippen molar-refractivity contribution in [3.8, 4) is 0 Å². The van der Waals surface area contributed by atoms with Crippen molar-refractivity contribution in [2.45, 2.75) is 20.8 Å². The van der Waals surface area contributed by atoms with Crippen LogP contribution >= 0.6 is 0 Å². The fourth-order valence-corrected chi connectivity index (χ4v) is 1.86. The van der Waals surface area contributed by atoms with Gasteiger partial charge < -0.3 is 4.74 Å². The third-order valence-electron chi connectivity index (χ3n) is 2.61. The maximum atomic E-state index is 11.5. The summed E-state index contributed by atoms with van der Waals surface area (Å²) >= 11 is 0. The van der Waals surface area contributed by atoms with Gasteiger partial charge in [-0.2, -0.15) is 0 Å². The second kappa shape index (κ2) is 5.32. The first-order valence-corrected chi connectivity index (χ1v) is 5.39. The summed E-state index contributed by atoms with van der Waals surface area (Å²) in [7, 11) is 0. The van der Waals surface area contributed by atoms with Crippen LogP contribution < -0.4 is 0 Å². The van der Waals surface area contributed by atoms with Crippen LogP contribution in [0.15, 0.2) is 0 Å². The van der Waals surface area contributed by atoms with Gasteiger partial charge in [-0.05, 0) is 6.92 Å². The van der Waals surface area contributed by atoms with E-state index >= 15 is 0 Å². The number of ether oxygens (including phenoxy) is 1. The van der Waals surface area contributed by atoms with Crippen LogP contribution in [0.3, 0.4) is 0 Å². The first kappa shape index (κ1) is 11.5. The number of rotatable bonds is 4. The Bertz CT molecular complexity index is 185. The predicted octanol–water partition coefficient (Wildman–Crippen LogP) is 0.738. The van der Waals surface area contributed by atoms with E-state index in [1.807, 2.05) is 6.92 Å². The molecule has 0 atom stereocenters. The lowest BCUT2D eigenvalue weighted by Crippen LogP contribution is -2.35. The van der Waals surface area contributed by atoms with Gasteiger partial charge in [0.2, 0.25) is 0 Å². The molecule has 0 aromatic heterocycles. The highest BCUT2D eigenvalue weighted by Crippen LogP contribution is 2.16. The molecular formula is C10H20N2O2. The molecular weight excluding hydrogens is 180 g/mol. The molecule has 14 heavy (non-hydrogen) atoms. The zero-order valence-electron chi connectivity index (χ0n) is 9.32. The van der Waals surface area contributed by atoms with Crippen LogP contribution in [0.1, 0.15) is 20.8 Å². The van der Waals surface area contributed by atoms with Crippen molar-refractivity contribution >= 4 is 5.97 Å². The molecule has 4 nitrogen and oxygen atoms in total. The van der Waals surface area contributed by atoms with E-state index in [-0.39, 0.29) is 11.9 Å². The maximum Gasteiger partial charge on any atom is 0.311 e.